The molecule has 118 valence electrons. The van der Waals surface area contributed by atoms with Crippen LogP contribution in [0, 0.1) is 0 Å². The maximum Gasteiger partial charge on any atom is 0.233 e. The summed E-state index contributed by atoms with van der Waals surface area (Å²) in [5.41, 5.74) is 2.26. The van der Waals surface area contributed by atoms with Crippen LogP contribution in [0.2, 0.25) is 0 Å². The minimum absolute atomic E-state index is 0.198. The fourth-order valence-electron chi connectivity index (χ4n) is 3.47. The highest BCUT2D eigenvalue weighted by Crippen LogP contribution is 2.43. The fraction of sp³-hybridized carbons (Fsp3) is 0.316. The zero-order valence-electron chi connectivity index (χ0n) is 12.9. The van der Waals surface area contributed by atoms with Gasteiger partial charge in [-0.3, -0.25) is 4.79 Å². The normalized spacial score (nSPS) is 22.5. The van der Waals surface area contributed by atoms with E-state index in [1.54, 1.807) is 11.8 Å². The molecule has 1 atom stereocenters. The predicted molar refractivity (Wildman–Crippen MR) is 91.3 cm³/mol. The van der Waals surface area contributed by atoms with Crippen LogP contribution in [0.4, 0.5) is 0 Å². The Kier molecular flexibility index (Phi) is 3.87. The zero-order chi connectivity index (χ0) is 15.7. The second-order valence-electron chi connectivity index (χ2n) is 6.11. The first kappa shape index (κ1) is 14.8. The van der Waals surface area contributed by atoms with Crippen molar-refractivity contribution in [3.63, 3.8) is 0 Å². The summed E-state index contributed by atoms with van der Waals surface area (Å²) in [4.78, 5) is 15.6. The Hall–Kier alpha value is -1.78. The van der Waals surface area contributed by atoms with Crippen molar-refractivity contribution >= 4 is 17.7 Å². The minimum Gasteiger partial charge on any atom is -0.364 e. The van der Waals surface area contributed by atoms with E-state index < -0.39 is 0 Å². The van der Waals surface area contributed by atoms with Crippen LogP contribution in [0.15, 0.2) is 59.5 Å². The van der Waals surface area contributed by atoms with Gasteiger partial charge >= 0.3 is 0 Å². The first-order valence-corrected chi connectivity index (χ1v) is 8.93. The lowest BCUT2D eigenvalue weighted by Crippen LogP contribution is -2.35. The lowest BCUT2D eigenvalue weighted by atomic mass is 9.92. The first-order valence-electron chi connectivity index (χ1n) is 7.95. The van der Waals surface area contributed by atoms with Gasteiger partial charge in [-0.15, -0.1) is 11.8 Å². The number of benzene rings is 2. The first-order chi connectivity index (χ1) is 11.3. The second kappa shape index (κ2) is 6.02. The van der Waals surface area contributed by atoms with Crippen molar-refractivity contribution in [1.82, 2.24) is 4.90 Å². The lowest BCUT2D eigenvalue weighted by Gasteiger charge is -2.24. The van der Waals surface area contributed by atoms with Gasteiger partial charge < -0.3 is 9.64 Å². The van der Waals surface area contributed by atoms with Gasteiger partial charge in [0.05, 0.1) is 18.9 Å². The fourth-order valence-corrected chi connectivity index (χ4v) is 4.29. The average Bonchev–Trinajstić information content (AvgIpc) is 3.20. The van der Waals surface area contributed by atoms with E-state index in [0.717, 1.165) is 17.9 Å². The standard InChI is InChI=1S/C19H19NO2S/c21-18(13-23-16-7-2-1-3-8-16)20-11-10-19(14-20)17-9-5-4-6-15(17)12-22-19/h1-9H,10-14H2. The van der Waals surface area contributed by atoms with Crippen LogP contribution >= 0.6 is 11.8 Å². The molecular weight excluding hydrogens is 306 g/mol. The molecule has 0 aromatic heterocycles. The highest BCUT2D eigenvalue weighted by molar-refractivity contribution is 8.00. The summed E-state index contributed by atoms with van der Waals surface area (Å²) in [6, 6.07) is 18.5. The van der Waals surface area contributed by atoms with E-state index in [-0.39, 0.29) is 11.5 Å². The molecule has 1 saturated heterocycles. The highest BCUT2D eigenvalue weighted by Gasteiger charge is 2.46. The number of hydrogen-bond acceptors (Lipinski definition) is 3. The summed E-state index contributed by atoms with van der Waals surface area (Å²) >= 11 is 1.60. The number of thioether (sulfide) groups is 1. The van der Waals surface area contributed by atoms with Crippen LogP contribution in [0.5, 0.6) is 0 Å². The zero-order valence-corrected chi connectivity index (χ0v) is 13.7. The molecule has 2 aromatic carbocycles. The Morgan fingerprint density at radius 1 is 1.13 bits per heavy atom. The van der Waals surface area contributed by atoms with Gasteiger partial charge in [-0.2, -0.15) is 0 Å². The van der Waals surface area contributed by atoms with Crippen LogP contribution in [0.25, 0.3) is 0 Å². The van der Waals surface area contributed by atoms with E-state index in [4.69, 9.17) is 4.74 Å². The van der Waals surface area contributed by atoms with Crippen molar-refractivity contribution < 1.29 is 9.53 Å². The molecular formula is C19H19NO2S. The molecule has 3 nitrogen and oxygen atoms in total. The van der Waals surface area contributed by atoms with Crippen molar-refractivity contribution in [2.24, 2.45) is 0 Å². The highest BCUT2D eigenvalue weighted by atomic mass is 32.2. The molecule has 0 bridgehead atoms. The van der Waals surface area contributed by atoms with E-state index in [1.807, 2.05) is 35.2 Å². The van der Waals surface area contributed by atoms with Crippen LogP contribution in [-0.2, 0) is 21.7 Å². The van der Waals surface area contributed by atoms with Gasteiger partial charge in [-0.1, -0.05) is 42.5 Å². The molecule has 0 radical (unpaired) electrons. The van der Waals surface area contributed by atoms with Crippen LogP contribution in [-0.4, -0.2) is 29.6 Å². The second-order valence-corrected chi connectivity index (χ2v) is 7.16. The number of ether oxygens (including phenoxy) is 1. The van der Waals surface area contributed by atoms with Gasteiger partial charge in [0.15, 0.2) is 0 Å². The van der Waals surface area contributed by atoms with Crippen LogP contribution in [0.1, 0.15) is 17.5 Å². The molecule has 0 N–H and O–H groups in total. The van der Waals surface area contributed by atoms with E-state index in [2.05, 4.69) is 24.3 Å². The van der Waals surface area contributed by atoms with Crippen LogP contribution in [0.3, 0.4) is 0 Å². The summed E-state index contributed by atoms with van der Waals surface area (Å²) in [6.07, 6.45) is 0.895. The Bertz CT molecular complexity index is 718. The van der Waals surface area contributed by atoms with Crippen molar-refractivity contribution in [3.05, 3.63) is 65.7 Å². The third-order valence-corrected chi connectivity index (χ3v) is 5.70. The molecule has 2 aliphatic heterocycles. The third-order valence-electron chi connectivity index (χ3n) is 4.70. The number of fused-ring (bicyclic) bond motifs is 2. The topological polar surface area (TPSA) is 29.5 Å². The molecule has 2 aromatic rings. The number of nitrogens with zero attached hydrogens (tertiary/aromatic N) is 1. The molecule has 1 unspecified atom stereocenters. The van der Waals surface area contributed by atoms with E-state index >= 15 is 0 Å². The van der Waals surface area contributed by atoms with Gasteiger partial charge in [-0.25, -0.2) is 0 Å². The molecule has 1 fully saturated rings. The Morgan fingerprint density at radius 3 is 2.78 bits per heavy atom. The number of rotatable bonds is 3. The number of hydrogen-bond donors (Lipinski definition) is 0. The molecule has 1 spiro atoms. The van der Waals surface area contributed by atoms with Gasteiger partial charge in [0.2, 0.25) is 5.91 Å². The van der Waals surface area contributed by atoms with Gasteiger partial charge in [-0.05, 0) is 29.7 Å². The summed E-state index contributed by atoms with van der Waals surface area (Å²) in [5, 5.41) is 0. The number of carbonyl (C=O) groups excluding carboxylic acids is 1. The Balaban J connectivity index is 1.42. The number of carbonyl (C=O) groups is 1. The van der Waals surface area contributed by atoms with Gasteiger partial charge in [0.25, 0.3) is 0 Å². The molecule has 4 heteroatoms. The summed E-state index contributed by atoms with van der Waals surface area (Å²) in [7, 11) is 0. The quantitative estimate of drug-likeness (QED) is 0.810. The molecule has 1 amide bonds. The van der Waals surface area contributed by atoms with E-state index in [0.29, 0.717) is 18.9 Å². The third kappa shape index (κ3) is 2.77. The summed E-state index contributed by atoms with van der Waals surface area (Å²) < 4.78 is 6.11. The monoisotopic (exact) mass is 325 g/mol. The van der Waals surface area contributed by atoms with Crippen LogP contribution < -0.4 is 0 Å². The maximum absolute atomic E-state index is 12.5. The predicted octanol–water partition coefficient (Wildman–Crippen LogP) is 3.44. The molecule has 2 heterocycles. The van der Waals surface area contributed by atoms with Crippen molar-refractivity contribution in [2.45, 2.75) is 23.5 Å². The molecule has 2 aliphatic rings. The average molecular weight is 325 g/mol. The molecule has 0 saturated carbocycles. The Morgan fingerprint density at radius 2 is 1.91 bits per heavy atom. The van der Waals surface area contributed by atoms with Gasteiger partial charge in [0, 0.05) is 11.4 Å². The van der Waals surface area contributed by atoms with Gasteiger partial charge in [0.1, 0.15) is 5.60 Å². The van der Waals surface area contributed by atoms with E-state index in [1.165, 1.54) is 11.1 Å². The molecule has 4 rings (SSSR count). The molecule has 23 heavy (non-hydrogen) atoms. The summed E-state index contributed by atoms with van der Waals surface area (Å²) in [5.74, 6) is 0.686. The maximum atomic E-state index is 12.5. The smallest absolute Gasteiger partial charge is 0.233 e. The number of amides is 1. The summed E-state index contributed by atoms with van der Waals surface area (Å²) in [6.45, 7) is 2.12. The van der Waals surface area contributed by atoms with Crippen molar-refractivity contribution in [3.8, 4) is 0 Å². The largest absolute Gasteiger partial charge is 0.364 e. The minimum atomic E-state index is -0.274. The van der Waals surface area contributed by atoms with Crippen molar-refractivity contribution in [2.75, 3.05) is 18.8 Å². The number of likely N-dealkylation sites (tertiary alicyclic amines) is 1. The SMILES string of the molecule is O=C(CSc1ccccc1)N1CCC2(C1)OCc1ccccc12. The van der Waals surface area contributed by atoms with E-state index in [9.17, 15) is 4.79 Å². The lowest BCUT2D eigenvalue weighted by molar-refractivity contribution is -0.128. The Labute approximate surface area is 140 Å². The van der Waals surface area contributed by atoms with Crippen molar-refractivity contribution in [1.29, 1.82) is 0 Å². The molecule has 0 aliphatic carbocycles.